The van der Waals surface area contributed by atoms with Crippen LogP contribution >= 0.6 is 0 Å². The molecule has 0 spiro atoms. The maximum Gasteiger partial charge on any atom is 0.258 e. The molecular formula is C9H9F2NO2. The molecule has 1 aromatic carbocycles. The van der Waals surface area contributed by atoms with E-state index in [4.69, 9.17) is 10.5 Å². The highest BCUT2D eigenvalue weighted by molar-refractivity contribution is 5.78. The van der Waals surface area contributed by atoms with Crippen molar-refractivity contribution in [2.75, 3.05) is 0 Å². The Labute approximate surface area is 79.5 Å². The van der Waals surface area contributed by atoms with Crippen LogP contribution < -0.4 is 10.5 Å². The lowest BCUT2D eigenvalue weighted by Crippen LogP contribution is -2.30. The fourth-order valence-electron chi connectivity index (χ4n) is 0.816. The molecule has 1 amide bonds. The number of halogens is 2. The standard InChI is InChI=1S/C9H9F2NO2/c1-5(9(12)13)14-8-4-6(10)2-3-7(8)11/h2-5H,1H3,(H2,12,13). The second-order valence-electron chi connectivity index (χ2n) is 2.74. The molecule has 0 aliphatic rings. The number of nitrogens with two attached hydrogens (primary N) is 1. The van der Waals surface area contributed by atoms with Gasteiger partial charge in [0.1, 0.15) is 5.82 Å². The van der Waals surface area contributed by atoms with Gasteiger partial charge in [0.05, 0.1) is 0 Å². The number of benzene rings is 1. The number of carbonyl (C=O) groups is 1. The molecule has 1 unspecified atom stereocenters. The van der Waals surface area contributed by atoms with Crippen molar-refractivity contribution < 1.29 is 18.3 Å². The van der Waals surface area contributed by atoms with Gasteiger partial charge in [0.15, 0.2) is 17.7 Å². The van der Waals surface area contributed by atoms with E-state index in [9.17, 15) is 13.6 Å². The van der Waals surface area contributed by atoms with E-state index in [0.717, 1.165) is 18.2 Å². The molecule has 3 nitrogen and oxygen atoms in total. The highest BCUT2D eigenvalue weighted by Gasteiger charge is 2.13. The summed E-state index contributed by atoms with van der Waals surface area (Å²) in [5, 5.41) is 0. The summed E-state index contributed by atoms with van der Waals surface area (Å²) in [6.07, 6.45) is -0.994. The quantitative estimate of drug-likeness (QED) is 0.799. The van der Waals surface area contributed by atoms with Crippen molar-refractivity contribution in [1.82, 2.24) is 0 Å². The molecule has 1 atom stereocenters. The predicted octanol–water partition coefficient (Wildman–Crippen LogP) is 1.22. The third kappa shape index (κ3) is 2.42. The van der Waals surface area contributed by atoms with Crippen molar-refractivity contribution in [3.05, 3.63) is 29.8 Å². The second kappa shape index (κ2) is 4.04. The van der Waals surface area contributed by atoms with Gasteiger partial charge < -0.3 is 10.5 Å². The highest BCUT2D eigenvalue weighted by atomic mass is 19.1. The normalized spacial score (nSPS) is 12.2. The summed E-state index contributed by atoms with van der Waals surface area (Å²) >= 11 is 0. The summed E-state index contributed by atoms with van der Waals surface area (Å²) in [6, 6.07) is 2.73. The number of carbonyl (C=O) groups excluding carboxylic acids is 1. The minimum atomic E-state index is -0.994. The largest absolute Gasteiger partial charge is 0.478 e. The molecule has 0 bridgehead atoms. The van der Waals surface area contributed by atoms with Crippen molar-refractivity contribution in [3.63, 3.8) is 0 Å². The number of rotatable bonds is 3. The number of hydrogen-bond donors (Lipinski definition) is 1. The molecule has 5 heteroatoms. The van der Waals surface area contributed by atoms with Gasteiger partial charge in [-0.15, -0.1) is 0 Å². The molecule has 14 heavy (non-hydrogen) atoms. The first-order chi connectivity index (χ1) is 6.50. The molecule has 0 saturated heterocycles. The zero-order valence-electron chi connectivity index (χ0n) is 7.46. The van der Waals surface area contributed by atoms with Gasteiger partial charge in [0, 0.05) is 6.07 Å². The number of ether oxygens (including phenoxy) is 1. The summed E-state index contributed by atoms with van der Waals surface area (Å²) in [5.41, 5.74) is 4.89. The van der Waals surface area contributed by atoms with E-state index in [2.05, 4.69) is 0 Å². The molecule has 0 radical (unpaired) electrons. The van der Waals surface area contributed by atoms with Crippen LogP contribution in [0.15, 0.2) is 18.2 Å². The van der Waals surface area contributed by atoms with Crippen LogP contribution in [0.5, 0.6) is 5.75 Å². The Balaban J connectivity index is 2.85. The summed E-state index contributed by atoms with van der Waals surface area (Å²) in [6.45, 7) is 1.35. The lowest BCUT2D eigenvalue weighted by Gasteiger charge is -2.11. The van der Waals surface area contributed by atoms with E-state index in [1.54, 1.807) is 0 Å². The molecule has 0 aliphatic heterocycles. The van der Waals surface area contributed by atoms with Crippen LogP contribution in [-0.2, 0) is 4.79 Å². The van der Waals surface area contributed by atoms with Gasteiger partial charge in [-0.2, -0.15) is 0 Å². The maximum atomic E-state index is 12.9. The molecule has 0 aliphatic carbocycles. The van der Waals surface area contributed by atoms with Gasteiger partial charge in [0.25, 0.3) is 5.91 Å². The SMILES string of the molecule is CC(Oc1cc(F)ccc1F)C(N)=O. The minimum Gasteiger partial charge on any atom is -0.478 e. The molecule has 0 aromatic heterocycles. The molecule has 0 saturated carbocycles. The van der Waals surface area contributed by atoms with Gasteiger partial charge >= 0.3 is 0 Å². The van der Waals surface area contributed by atoms with E-state index in [1.165, 1.54) is 6.92 Å². The van der Waals surface area contributed by atoms with Crippen LogP contribution in [0, 0.1) is 11.6 Å². The lowest BCUT2D eigenvalue weighted by molar-refractivity contribution is -0.124. The summed E-state index contributed by atoms with van der Waals surface area (Å²) in [5.74, 6) is -2.44. The van der Waals surface area contributed by atoms with Crippen molar-refractivity contribution >= 4 is 5.91 Å². The number of amides is 1. The van der Waals surface area contributed by atoms with Gasteiger partial charge in [-0.25, -0.2) is 8.78 Å². The van der Waals surface area contributed by atoms with Gasteiger partial charge in [-0.3, -0.25) is 4.79 Å². The smallest absolute Gasteiger partial charge is 0.258 e. The highest BCUT2D eigenvalue weighted by Crippen LogP contribution is 2.19. The number of primary amides is 1. The van der Waals surface area contributed by atoms with Gasteiger partial charge in [0.2, 0.25) is 0 Å². The average molecular weight is 201 g/mol. The summed E-state index contributed by atoms with van der Waals surface area (Å²) in [4.78, 5) is 10.6. The van der Waals surface area contributed by atoms with Crippen LogP contribution in [-0.4, -0.2) is 12.0 Å². The molecule has 2 N–H and O–H groups in total. The maximum absolute atomic E-state index is 12.9. The predicted molar refractivity (Wildman–Crippen MR) is 45.6 cm³/mol. The first kappa shape index (κ1) is 10.4. The Morgan fingerprint density at radius 2 is 2.14 bits per heavy atom. The Bertz CT molecular complexity index is 355. The van der Waals surface area contributed by atoms with Crippen molar-refractivity contribution in [2.24, 2.45) is 5.73 Å². The lowest BCUT2D eigenvalue weighted by atomic mass is 10.3. The third-order valence-electron chi connectivity index (χ3n) is 1.60. The Morgan fingerprint density at radius 3 is 2.71 bits per heavy atom. The van der Waals surface area contributed by atoms with E-state index < -0.39 is 23.6 Å². The van der Waals surface area contributed by atoms with E-state index in [1.807, 2.05) is 0 Å². The van der Waals surface area contributed by atoms with Gasteiger partial charge in [-0.1, -0.05) is 0 Å². The van der Waals surface area contributed by atoms with Gasteiger partial charge in [-0.05, 0) is 19.1 Å². The Morgan fingerprint density at radius 1 is 1.50 bits per heavy atom. The van der Waals surface area contributed by atoms with E-state index in [0.29, 0.717) is 0 Å². The zero-order chi connectivity index (χ0) is 10.7. The second-order valence-corrected chi connectivity index (χ2v) is 2.74. The van der Waals surface area contributed by atoms with E-state index in [-0.39, 0.29) is 5.75 Å². The monoisotopic (exact) mass is 201 g/mol. The van der Waals surface area contributed by atoms with Crippen LogP contribution in [0.4, 0.5) is 8.78 Å². The van der Waals surface area contributed by atoms with Crippen molar-refractivity contribution in [1.29, 1.82) is 0 Å². The molecule has 1 aromatic rings. The molecular weight excluding hydrogens is 192 g/mol. The summed E-state index contributed by atoms with van der Waals surface area (Å²) in [7, 11) is 0. The fourth-order valence-corrected chi connectivity index (χ4v) is 0.816. The first-order valence-electron chi connectivity index (χ1n) is 3.91. The summed E-state index contributed by atoms with van der Waals surface area (Å²) < 4.78 is 30.4. The average Bonchev–Trinajstić information content (AvgIpc) is 2.11. The van der Waals surface area contributed by atoms with E-state index >= 15 is 0 Å². The molecule has 0 fully saturated rings. The topological polar surface area (TPSA) is 52.3 Å². The number of hydrogen-bond acceptors (Lipinski definition) is 2. The molecule has 76 valence electrons. The van der Waals surface area contributed by atoms with Crippen LogP contribution in [0.3, 0.4) is 0 Å². The van der Waals surface area contributed by atoms with Crippen molar-refractivity contribution in [3.8, 4) is 5.75 Å². The van der Waals surface area contributed by atoms with Crippen molar-refractivity contribution in [2.45, 2.75) is 13.0 Å². The third-order valence-corrected chi connectivity index (χ3v) is 1.60. The molecule has 0 heterocycles. The van der Waals surface area contributed by atoms with Crippen LogP contribution in [0.2, 0.25) is 0 Å². The Hall–Kier alpha value is -1.65. The Kier molecular flexibility index (Phi) is 3.01. The van der Waals surface area contributed by atoms with Crippen LogP contribution in [0.25, 0.3) is 0 Å². The zero-order valence-corrected chi connectivity index (χ0v) is 7.46. The first-order valence-corrected chi connectivity index (χ1v) is 3.91. The van der Waals surface area contributed by atoms with Crippen LogP contribution in [0.1, 0.15) is 6.92 Å². The minimum absolute atomic E-state index is 0.323. The molecule has 1 rings (SSSR count). The fraction of sp³-hybridized carbons (Fsp3) is 0.222.